The predicted molar refractivity (Wildman–Crippen MR) is 88.5 cm³/mol. The highest BCUT2D eigenvalue weighted by Gasteiger charge is 2.42. The quantitative estimate of drug-likeness (QED) is 0.915. The zero-order valence-corrected chi connectivity index (χ0v) is 14.6. The van der Waals surface area contributed by atoms with Crippen LogP contribution in [0.5, 0.6) is 0 Å². The molecule has 6 nitrogen and oxygen atoms in total. The van der Waals surface area contributed by atoms with Crippen molar-refractivity contribution >= 4 is 17.4 Å². The second kappa shape index (κ2) is 7.15. The van der Waals surface area contributed by atoms with Gasteiger partial charge in [-0.25, -0.2) is 9.78 Å². The molecule has 0 saturated carbocycles. The number of aromatic nitrogens is 1. The molecule has 3 heterocycles. The van der Waals surface area contributed by atoms with Gasteiger partial charge < -0.3 is 19.7 Å². The van der Waals surface area contributed by atoms with Gasteiger partial charge in [-0.15, -0.1) is 11.3 Å². The van der Waals surface area contributed by atoms with Crippen LogP contribution < -0.4 is 5.32 Å². The lowest BCUT2D eigenvalue weighted by Gasteiger charge is -2.39. The van der Waals surface area contributed by atoms with E-state index in [0.29, 0.717) is 26.3 Å². The molecule has 0 radical (unpaired) electrons. The van der Waals surface area contributed by atoms with Crippen molar-refractivity contribution in [3.8, 4) is 0 Å². The van der Waals surface area contributed by atoms with E-state index in [-0.39, 0.29) is 17.9 Å². The van der Waals surface area contributed by atoms with E-state index in [1.165, 1.54) is 0 Å². The predicted octanol–water partition coefficient (Wildman–Crippen LogP) is 2.43. The minimum Gasteiger partial charge on any atom is -0.347 e. The number of rotatable bonds is 4. The summed E-state index contributed by atoms with van der Waals surface area (Å²) in [5, 5.41) is 6.06. The average molecular weight is 339 g/mol. The van der Waals surface area contributed by atoms with Gasteiger partial charge in [0.1, 0.15) is 0 Å². The number of likely N-dealkylation sites (tertiary alicyclic amines) is 1. The molecule has 0 aromatic carbocycles. The Morgan fingerprint density at radius 2 is 2.35 bits per heavy atom. The molecule has 2 aliphatic rings. The highest BCUT2D eigenvalue weighted by Crippen LogP contribution is 2.34. The number of nitrogens with one attached hydrogen (secondary N) is 1. The fourth-order valence-corrected chi connectivity index (χ4v) is 3.97. The van der Waals surface area contributed by atoms with Crippen LogP contribution in [0.2, 0.25) is 0 Å². The molecule has 3 rings (SSSR count). The number of amides is 2. The lowest BCUT2D eigenvalue weighted by molar-refractivity contribution is -0.189. The van der Waals surface area contributed by atoms with Gasteiger partial charge in [0.25, 0.3) is 0 Å². The summed E-state index contributed by atoms with van der Waals surface area (Å²) in [5.74, 6) is -0.0629. The summed E-state index contributed by atoms with van der Waals surface area (Å²) >= 11 is 1.63. The van der Waals surface area contributed by atoms with E-state index in [0.717, 1.165) is 24.4 Å². The Kier molecular flexibility index (Phi) is 5.18. The maximum atomic E-state index is 12.5. The summed E-state index contributed by atoms with van der Waals surface area (Å²) in [6, 6.07) is -0.000275. The van der Waals surface area contributed by atoms with Gasteiger partial charge in [-0.3, -0.25) is 0 Å². The third-order valence-electron chi connectivity index (χ3n) is 4.74. The standard InChI is InChI=1S/C16H25N3O3S/c1-12(14-17-5-9-23-14)10-18-15(20)19-6-3-4-13(11-19)16(2)21-7-8-22-16/h5,9,12-13H,3-4,6-8,10-11H2,1-2H3,(H,18,20)/t12-,13-/m1/s1. The summed E-state index contributed by atoms with van der Waals surface area (Å²) in [6.45, 7) is 7.46. The van der Waals surface area contributed by atoms with Crippen molar-refractivity contribution in [1.29, 1.82) is 0 Å². The van der Waals surface area contributed by atoms with Crippen molar-refractivity contribution < 1.29 is 14.3 Å². The van der Waals surface area contributed by atoms with E-state index in [1.54, 1.807) is 17.5 Å². The van der Waals surface area contributed by atoms with E-state index >= 15 is 0 Å². The summed E-state index contributed by atoms with van der Waals surface area (Å²) in [5.41, 5.74) is 0. The molecule has 2 atom stereocenters. The van der Waals surface area contributed by atoms with Crippen LogP contribution in [0.25, 0.3) is 0 Å². The lowest BCUT2D eigenvalue weighted by atomic mass is 9.90. The zero-order valence-electron chi connectivity index (χ0n) is 13.8. The summed E-state index contributed by atoms with van der Waals surface area (Å²) < 4.78 is 11.5. The van der Waals surface area contributed by atoms with Gasteiger partial charge in [0, 0.05) is 43.0 Å². The molecule has 2 aliphatic heterocycles. The van der Waals surface area contributed by atoms with Gasteiger partial charge in [-0.2, -0.15) is 0 Å². The first-order valence-corrected chi connectivity index (χ1v) is 9.16. The van der Waals surface area contributed by atoms with E-state index in [4.69, 9.17) is 9.47 Å². The fraction of sp³-hybridized carbons (Fsp3) is 0.750. The summed E-state index contributed by atoms with van der Waals surface area (Å²) in [4.78, 5) is 18.6. The number of thiazole rings is 1. The topological polar surface area (TPSA) is 63.7 Å². The van der Waals surface area contributed by atoms with Crippen molar-refractivity contribution in [2.75, 3.05) is 32.8 Å². The van der Waals surface area contributed by atoms with Crippen LogP contribution in [0.4, 0.5) is 4.79 Å². The first-order chi connectivity index (χ1) is 11.1. The molecule has 2 saturated heterocycles. The summed E-state index contributed by atoms with van der Waals surface area (Å²) in [6.07, 6.45) is 3.83. The van der Waals surface area contributed by atoms with Crippen molar-refractivity contribution in [1.82, 2.24) is 15.2 Å². The largest absolute Gasteiger partial charge is 0.347 e. The van der Waals surface area contributed by atoms with E-state index in [2.05, 4.69) is 17.2 Å². The Balaban J connectivity index is 1.51. The molecule has 2 amide bonds. The first-order valence-electron chi connectivity index (χ1n) is 8.28. The molecule has 2 fully saturated rings. The van der Waals surface area contributed by atoms with Crippen LogP contribution in [0, 0.1) is 5.92 Å². The Morgan fingerprint density at radius 3 is 3.04 bits per heavy atom. The number of nitrogens with zero attached hydrogens (tertiary/aromatic N) is 2. The molecule has 7 heteroatoms. The molecule has 0 unspecified atom stereocenters. The van der Waals surface area contributed by atoms with Gasteiger partial charge >= 0.3 is 6.03 Å². The highest BCUT2D eigenvalue weighted by atomic mass is 32.1. The monoisotopic (exact) mass is 339 g/mol. The van der Waals surface area contributed by atoms with Crippen LogP contribution >= 0.6 is 11.3 Å². The first kappa shape index (κ1) is 16.7. The number of hydrogen-bond acceptors (Lipinski definition) is 5. The van der Waals surface area contributed by atoms with Crippen LogP contribution in [0.15, 0.2) is 11.6 Å². The SMILES string of the molecule is C[C@H](CNC(=O)N1CCC[C@@H](C2(C)OCCO2)C1)c1nccs1. The van der Waals surface area contributed by atoms with E-state index < -0.39 is 5.79 Å². The lowest BCUT2D eigenvalue weighted by Crippen LogP contribution is -2.51. The molecule has 0 spiro atoms. The Morgan fingerprint density at radius 1 is 1.57 bits per heavy atom. The molecule has 0 aliphatic carbocycles. The maximum absolute atomic E-state index is 12.5. The average Bonchev–Trinajstić information content (AvgIpc) is 3.25. The molecule has 1 aromatic heterocycles. The Bertz CT molecular complexity index is 517. The van der Waals surface area contributed by atoms with Gasteiger partial charge in [0.05, 0.1) is 18.2 Å². The summed E-state index contributed by atoms with van der Waals surface area (Å²) in [7, 11) is 0. The van der Waals surface area contributed by atoms with Gasteiger partial charge in [0.2, 0.25) is 0 Å². The van der Waals surface area contributed by atoms with E-state index in [9.17, 15) is 4.79 Å². The second-order valence-corrected chi connectivity index (χ2v) is 7.38. The number of piperidine rings is 1. The van der Waals surface area contributed by atoms with Crippen molar-refractivity contribution in [3.63, 3.8) is 0 Å². The number of carbonyl (C=O) groups is 1. The third kappa shape index (κ3) is 3.84. The molecule has 1 N–H and O–H groups in total. The fourth-order valence-electron chi connectivity index (χ4n) is 3.27. The number of ether oxygens (including phenoxy) is 2. The van der Waals surface area contributed by atoms with Crippen molar-refractivity contribution in [3.05, 3.63) is 16.6 Å². The van der Waals surface area contributed by atoms with Crippen LogP contribution in [-0.2, 0) is 9.47 Å². The van der Waals surface area contributed by atoms with Gasteiger partial charge in [-0.1, -0.05) is 6.92 Å². The van der Waals surface area contributed by atoms with Crippen molar-refractivity contribution in [2.45, 2.75) is 38.4 Å². The highest BCUT2D eigenvalue weighted by molar-refractivity contribution is 7.09. The number of urea groups is 1. The smallest absolute Gasteiger partial charge is 0.317 e. The molecular weight excluding hydrogens is 314 g/mol. The van der Waals surface area contributed by atoms with Crippen molar-refractivity contribution in [2.24, 2.45) is 5.92 Å². The molecule has 23 heavy (non-hydrogen) atoms. The second-order valence-electron chi connectivity index (χ2n) is 6.46. The third-order valence-corrected chi connectivity index (χ3v) is 5.75. The minimum atomic E-state index is -0.535. The maximum Gasteiger partial charge on any atom is 0.317 e. The Labute approximate surface area is 141 Å². The molecule has 1 aromatic rings. The molecule has 128 valence electrons. The minimum absolute atomic E-state index is 0.000275. The number of carbonyl (C=O) groups excluding carboxylic acids is 1. The Hall–Kier alpha value is -1.18. The van der Waals surface area contributed by atoms with Crippen LogP contribution in [0.3, 0.4) is 0 Å². The normalized spacial score (nSPS) is 25.3. The molecular formula is C16H25N3O3S. The van der Waals surface area contributed by atoms with E-state index in [1.807, 2.05) is 17.2 Å². The van der Waals surface area contributed by atoms with Crippen LogP contribution in [0.1, 0.15) is 37.6 Å². The van der Waals surface area contributed by atoms with Crippen LogP contribution in [-0.4, -0.2) is 54.6 Å². The van der Waals surface area contributed by atoms with Gasteiger partial charge in [0.15, 0.2) is 5.79 Å². The van der Waals surface area contributed by atoms with Gasteiger partial charge in [-0.05, 0) is 19.8 Å². The number of hydrogen-bond donors (Lipinski definition) is 1. The molecule has 0 bridgehead atoms. The zero-order chi connectivity index (χ0) is 16.3.